The third-order valence-corrected chi connectivity index (χ3v) is 2.49. The van der Waals surface area contributed by atoms with E-state index in [-0.39, 0.29) is 0 Å². The van der Waals surface area contributed by atoms with Gasteiger partial charge in [-0.3, -0.25) is 4.90 Å². The molecule has 0 aliphatic carbocycles. The normalized spacial score (nSPS) is 25.8. The molecule has 100 valence electrons. The van der Waals surface area contributed by atoms with Gasteiger partial charge in [-0.1, -0.05) is 0 Å². The van der Waals surface area contributed by atoms with Crippen LogP contribution in [0.3, 0.4) is 0 Å². The number of hydrogen-bond acceptors (Lipinski definition) is 3. The highest BCUT2D eigenvalue weighted by Gasteiger charge is 2.49. The number of alkyl halides is 2. The first-order valence-electron chi connectivity index (χ1n) is 5.57. The van der Waals surface area contributed by atoms with Gasteiger partial charge in [0.25, 0.3) is 5.92 Å². The Bertz CT molecular complexity index is 300. The van der Waals surface area contributed by atoms with Gasteiger partial charge in [0.1, 0.15) is 5.60 Å². The Morgan fingerprint density at radius 1 is 1.53 bits per heavy atom. The van der Waals surface area contributed by atoms with Gasteiger partial charge in [-0.15, -0.1) is 0 Å². The standard InChI is InChI=1S/C11H19F2NO3/c1-7(15)8-5-11(12,13)6-14(8)9(16)17-10(2,3)4/h7-8,15H,5-6H2,1-4H3/t7?,8-/m0/s1. The first-order chi connectivity index (χ1) is 7.52. The molecule has 0 saturated carbocycles. The van der Waals surface area contributed by atoms with Gasteiger partial charge in [-0.2, -0.15) is 0 Å². The van der Waals surface area contributed by atoms with Gasteiger partial charge in [0.2, 0.25) is 0 Å². The van der Waals surface area contributed by atoms with Gasteiger partial charge >= 0.3 is 6.09 Å². The van der Waals surface area contributed by atoms with E-state index in [1.807, 2.05) is 0 Å². The van der Waals surface area contributed by atoms with Crippen molar-refractivity contribution in [1.82, 2.24) is 4.90 Å². The zero-order valence-electron chi connectivity index (χ0n) is 10.5. The minimum atomic E-state index is -2.96. The van der Waals surface area contributed by atoms with Crippen molar-refractivity contribution in [2.24, 2.45) is 0 Å². The molecule has 0 bridgehead atoms. The first kappa shape index (κ1) is 14.2. The summed E-state index contributed by atoms with van der Waals surface area (Å²) < 4.78 is 31.5. The van der Waals surface area contributed by atoms with E-state index in [4.69, 9.17) is 4.74 Å². The number of amides is 1. The molecule has 2 atom stereocenters. The van der Waals surface area contributed by atoms with Crippen molar-refractivity contribution in [2.45, 2.75) is 57.8 Å². The smallest absolute Gasteiger partial charge is 0.410 e. The number of rotatable bonds is 1. The van der Waals surface area contributed by atoms with E-state index < -0.39 is 42.7 Å². The molecule has 0 aromatic carbocycles. The Morgan fingerprint density at radius 3 is 2.47 bits per heavy atom. The number of aliphatic hydroxyl groups is 1. The van der Waals surface area contributed by atoms with Crippen molar-refractivity contribution in [3.8, 4) is 0 Å². The third kappa shape index (κ3) is 3.80. The number of nitrogens with zero attached hydrogens (tertiary/aromatic N) is 1. The number of ether oxygens (including phenoxy) is 1. The van der Waals surface area contributed by atoms with Crippen LogP contribution in [0.5, 0.6) is 0 Å². The third-order valence-electron chi connectivity index (χ3n) is 2.49. The largest absolute Gasteiger partial charge is 0.444 e. The fraction of sp³-hybridized carbons (Fsp3) is 0.909. The van der Waals surface area contributed by atoms with Crippen LogP contribution in [0, 0.1) is 0 Å². The van der Waals surface area contributed by atoms with Gasteiger partial charge in [0.15, 0.2) is 0 Å². The predicted octanol–water partition coefficient (Wildman–Crippen LogP) is 2.01. The molecule has 0 aromatic heterocycles. The molecule has 1 N–H and O–H groups in total. The second kappa shape index (κ2) is 4.40. The lowest BCUT2D eigenvalue weighted by atomic mass is 10.1. The van der Waals surface area contributed by atoms with Crippen LogP contribution in [0.25, 0.3) is 0 Å². The summed E-state index contributed by atoms with van der Waals surface area (Å²) in [5.74, 6) is -2.96. The molecule has 1 saturated heterocycles. The quantitative estimate of drug-likeness (QED) is 0.775. The van der Waals surface area contributed by atoms with Gasteiger partial charge in [0, 0.05) is 6.42 Å². The topological polar surface area (TPSA) is 49.8 Å². The van der Waals surface area contributed by atoms with E-state index in [9.17, 15) is 18.7 Å². The van der Waals surface area contributed by atoms with Crippen LogP contribution in [0.4, 0.5) is 13.6 Å². The highest BCUT2D eigenvalue weighted by Crippen LogP contribution is 2.34. The molecule has 1 aliphatic heterocycles. The van der Waals surface area contributed by atoms with Crippen LogP contribution in [-0.2, 0) is 4.74 Å². The Labute approximate surface area is 99.5 Å². The SMILES string of the molecule is CC(O)[C@@H]1CC(F)(F)CN1C(=O)OC(C)(C)C. The molecule has 4 nitrogen and oxygen atoms in total. The molecule has 1 amide bonds. The lowest BCUT2D eigenvalue weighted by molar-refractivity contribution is -0.00412. The Balaban J connectivity index is 2.77. The molecule has 17 heavy (non-hydrogen) atoms. The van der Waals surface area contributed by atoms with Crippen molar-refractivity contribution in [1.29, 1.82) is 0 Å². The van der Waals surface area contributed by atoms with E-state index in [0.29, 0.717) is 0 Å². The van der Waals surface area contributed by atoms with Gasteiger partial charge in [-0.25, -0.2) is 13.6 Å². The average Bonchev–Trinajstić information content (AvgIpc) is 2.38. The fourth-order valence-electron chi connectivity index (χ4n) is 1.80. The maximum Gasteiger partial charge on any atom is 0.410 e. The van der Waals surface area contributed by atoms with Gasteiger partial charge in [-0.05, 0) is 27.7 Å². The van der Waals surface area contributed by atoms with E-state index in [0.717, 1.165) is 4.90 Å². The van der Waals surface area contributed by atoms with Crippen LogP contribution >= 0.6 is 0 Å². The predicted molar refractivity (Wildman–Crippen MR) is 58.0 cm³/mol. The van der Waals surface area contributed by atoms with Crippen LogP contribution in [0.15, 0.2) is 0 Å². The molecule has 0 radical (unpaired) electrons. The lowest BCUT2D eigenvalue weighted by Gasteiger charge is -2.29. The molecule has 0 spiro atoms. The summed E-state index contributed by atoms with van der Waals surface area (Å²) in [4.78, 5) is 12.6. The van der Waals surface area contributed by atoms with Crippen molar-refractivity contribution in [3.05, 3.63) is 0 Å². The number of hydrogen-bond donors (Lipinski definition) is 1. The second-order valence-electron chi connectivity index (χ2n) is 5.48. The Hall–Kier alpha value is -0.910. The van der Waals surface area contributed by atoms with Crippen LogP contribution in [0.1, 0.15) is 34.1 Å². The number of carbonyl (C=O) groups excluding carboxylic acids is 1. The highest BCUT2D eigenvalue weighted by molar-refractivity contribution is 5.69. The summed E-state index contributed by atoms with van der Waals surface area (Å²) in [7, 11) is 0. The van der Waals surface area contributed by atoms with Crippen molar-refractivity contribution >= 4 is 6.09 Å². The monoisotopic (exact) mass is 251 g/mol. The van der Waals surface area contributed by atoms with Crippen LogP contribution < -0.4 is 0 Å². The molecule has 1 fully saturated rings. The maximum absolute atomic E-state index is 13.2. The van der Waals surface area contributed by atoms with E-state index in [1.165, 1.54) is 6.92 Å². The van der Waals surface area contributed by atoms with Crippen molar-refractivity contribution in [3.63, 3.8) is 0 Å². The summed E-state index contributed by atoms with van der Waals surface area (Å²) in [6.07, 6.45) is -2.33. The number of aliphatic hydroxyl groups excluding tert-OH is 1. The minimum absolute atomic E-state index is 0.524. The summed E-state index contributed by atoms with van der Waals surface area (Å²) in [6, 6.07) is -0.889. The summed E-state index contributed by atoms with van der Waals surface area (Å²) in [6.45, 7) is 5.68. The average molecular weight is 251 g/mol. The fourth-order valence-corrected chi connectivity index (χ4v) is 1.80. The van der Waals surface area contributed by atoms with Gasteiger partial charge < -0.3 is 9.84 Å². The molecule has 1 unspecified atom stereocenters. The summed E-state index contributed by atoms with van der Waals surface area (Å²) in [5.41, 5.74) is -0.738. The van der Waals surface area contributed by atoms with Crippen molar-refractivity contribution in [2.75, 3.05) is 6.54 Å². The zero-order valence-corrected chi connectivity index (χ0v) is 10.5. The number of carbonyl (C=O) groups is 1. The highest BCUT2D eigenvalue weighted by atomic mass is 19.3. The summed E-state index contributed by atoms with van der Waals surface area (Å²) in [5, 5.41) is 9.42. The van der Waals surface area contributed by atoms with E-state index in [1.54, 1.807) is 20.8 Å². The minimum Gasteiger partial charge on any atom is -0.444 e. The van der Waals surface area contributed by atoms with Gasteiger partial charge in [0.05, 0.1) is 18.7 Å². The first-order valence-corrected chi connectivity index (χ1v) is 5.57. The van der Waals surface area contributed by atoms with Crippen LogP contribution in [0.2, 0.25) is 0 Å². The van der Waals surface area contributed by atoms with Crippen molar-refractivity contribution < 1.29 is 23.4 Å². The van der Waals surface area contributed by atoms with E-state index in [2.05, 4.69) is 0 Å². The summed E-state index contributed by atoms with van der Waals surface area (Å²) >= 11 is 0. The second-order valence-corrected chi connectivity index (χ2v) is 5.48. The molecular formula is C11H19F2NO3. The van der Waals surface area contributed by atoms with E-state index >= 15 is 0 Å². The Morgan fingerprint density at radius 2 is 2.06 bits per heavy atom. The Kier molecular flexibility index (Phi) is 3.66. The number of halogens is 2. The molecule has 1 heterocycles. The lowest BCUT2D eigenvalue weighted by Crippen LogP contribution is -2.44. The molecule has 1 aliphatic rings. The molecule has 6 heteroatoms. The zero-order chi connectivity index (χ0) is 13.4. The van der Waals surface area contributed by atoms with Crippen LogP contribution in [-0.4, -0.2) is 46.3 Å². The molecular weight excluding hydrogens is 232 g/mol. The maximum atomic E-state index is 13.2. The molecule has 1 rings (SSSR count). The molecule has 0 aromatic rings. The number of likely N-dealkylation sites (tertiary alicyclic amines) is 1.